The summed E-state index contributed by atoms with van der Waals surface area (Å²) in [5, 5.41) is 0. The molecule has 1 rings (SSSR count). The SMILES string of the molecule is CO[C@@]1(C)C[C@H](C(C)(C)C)CCC1=O. The number of methoxy groups -OCH3 is 1. The van der Waals surface area contributed by atoms with Crippen LogP contribution in [0.15, 0.2) is 0 Å². The molecule has 0 bridgehead atoms. The van der Waals surface area contributed by atoms with Crippen molar-refractivity contribution >= 4 is 5.78 Å². The van der Waals surface area contributed by atoms with Gasteiger partial charge in [-0.15, -0.1) is 0 Å². The second-order valence-corrected chi connectivity index (χ2v) is 5.66. The highest BCUT2D eigenvalue weighted by molar-refractivity contribution is 5.87. The molecule has 14 heavy (non-hydrogen) atoms. The van der Waals surface area contributed by atoms with Crippen molar-refractivity contribution in [2.45, 2.75) is 52.6 Å². The third-order valence-corrected chi connectivity index (χ3v) is 3.62. The van der Waals surface area contributed by atoms with Gasteiger partial charge in [-0.2, -0.15) is 0 Å². The molecular formula is C12H22O2. The zero-order chi connectivity index (χ0) is 11.0. The van der Waals surface area contributed by atoms with Gasteiger partial charge in [-0.25, -0.2) is 0 Å². The summed E-state index contributed by atoms with van der Waals surface area (Å²) in [6.07, 6.45) is 2.55. The van der Waals surface area contributed by atoms with Crippen molar-refractivity contribution < 1.29 is 9.53 Å². The normalized spacial score (nSPS) is 34.6. The van der Waals surface area contributed by atoms with Gasteiger partial charge >= 0.3 is 0 Å². The maximum absolute atomic E-state index is 11.7. The van der Waals surface area contributed by atoms with Gasteiger partial charge in [0, 0.05) is 13.5 Å². The molecule has 0 aromatic rings. The molecule has 0 heterocycles. The summed E-state index contributed by atoms with van der Waals surface area (Å²) in [6.45, 7) is 8.64. The van der Waals surface area contributed by atoms with Crippen molar-refractivity contribution in [2.24, 2.45) is 11.3 Å². The van der Waals surface area contributed by atoms with Crippen molar-refractivity contribution in [1.82, 2.24) is 0 Å². The molecule has 0 amide bonds. The molecule has 82 valence electrons. The molecule has 0 N–H and O–H groups in total. The summed E-state index contributed by atoms with van der Waals surface area (Å²) < 4.78 is 5.37. The van der Waals surface area contributed by atoms with E-state index >= 15 is 0 Å². The summed E-state index contributed by atoms with van der Waals surface area (Å²) in [6, 6.07) is 0. The zero-order valence-corrected chi connectivity index (χ0v) is 10.0. The van der Waals surface area contributed by atoms with E-state index in [1.807, 2.05) is 6.92 Å². The van der Waals surface area contributed by atoms with Gasteiger partial charge in [0.05, 0.1) is 0 Å². The lowest BCUT2D eigenvalue weighted by atomic mass is 9.67. The summed E-state index contributed by atoms with van der Waals surface area (Å²) >= 11 is 0. The monoisotopic (exact) mass is 198 g/mol. The maximum Gasteiger partial charge on any atom is 0.164 e. The molecule has 0 aliphatic heterocycles. The molecule has 1 fully saturated rings. The van der Waals surface area contributed by atoms with Crippen molar-refractivity contribution in [3.63, 3.8) is 0 Å². The molecule has 0 unspecified atom stereocenters. The van der Waals surface area contributed by atoms with E-state index in [1.165, 1.54) is 0 Å². The molecule has 0 aromatic carbocycles. The summed E-state index contributed by atoms with van der Waals surface area (Å²) in [5.41, 5.74) is -0.253. The first-order valence-electron chi connectivity index (χ1n) is 5.38. The largest absolute Gasteiger partial charge is 0.371 e. The molecule has 2 heteroatoms. The highest BCUT2D eigenvalue weighted by Gasteiger charge is 2.42. The van der Waals surface area contributed by atoms with Crippen LogP contribution in [0, 0.1) is 11.3 Å². The fraction of sp³-hybridized carbons (Fsp3) is 0.917. The quantitative estimate of drug-likeness (QED) is 0.647. The van der Waals surface area contributed by atoms with E-state index in [1.54, 1.807) is 7.11 Å². The van der Waals surface area contributed by atoms with Crippen molar-refractivity contribution in [3.05, 3.63) is 0 Å². The second-order valence-electron chi connectivity index (χ2n) is 5.66. The number of hydrogen-bond acceptors (Lipinski definition) is 2. The lowest BCUT2D eigenvalue weighted by Gasteiger charge is -2.41. The van der Waals surface area contributed by atoms with Crippen LogP contribution >= 0.6 is 0 Å². The number of Topliss-reactive ketones (excluding diaryl/α,β-unsaturated/α-hetero) is 1. The van der Waals surface area contributed by atoms with Crippen LogP contribution < -0.4 is 0 Å². The van der Waals surface area contributed by atoms with Crippen LogP contribution in [-0.2, 0) is 9.53 Å². The van der Waals surface area contributed by atoms with Crippen LogP contribution in [0.4, 0.5) is 0 Å². The Bertz CT molecular complexity index is 227. The van der Waals surface area contributed by atoms with Crippen LogP contribution in [0.25, 0.3) is 0 Å². The van der Waals surface area contributed by atoms with E-state index in [4.69, 9.17) is 4.74 Å². The highest BCUT2D eigenvalue weighted by atomic mass is 16.5. The summed E-state index contributed by atoms with van der Waals surface area (Å²) in [4.78, 5) is 11.7. The van der Waals surface area contributed by atoms with Gasteiger partial charge in [0.15, 0.2) is 5.78 Å². The maximum atomic E-state index is 11.7. The van der Waals surface area contributed by atoms with E-state index in [0.29, 0.717) is 12.3 Å². The number of hydrogen-bond donors (Lipinski definition) is 0. The Kier molecular flexibility index (Phi) is 3.05. The number of rotatable bonds is 1. The number of ether oxygens (including phenoxy) is 1. The number of carbonyl (C=O) groups excluding carboxylic acids is 1. The Morgan fingerprint density at radius 1 is 1.43 bits per heavy atom. The smallest absolute Gasteiger partial charge is 0.164 e. The third-order valence-electron chi connectivity index (χ3n) is 3.62. The van der Waals surface area contributed by atoms with E-state index in [-0.39, 0.29) is 11.2 Å². The number of ketones is 1. The minimum absolute atomic E-state index is 0.264. The van der Waals surface area contributed by atoms with Gasteiger partial charge in [0.2, 0.25) is 0 Å². The predicted molar refractivity (Wildman–Crippen MR) is 57.2 cm³/mol. The fourth-order valence-electron chi connectivity index (χ4n) is 2.19. The highest BCUT2D eigenvalue weighted by Crippen LogP contribution is 2.41. The average molecular weight is 198 g/mol. The summed E-state index contributed by atoms with van der Waals surface area (Å²) in [5.74, 6) is 0.852. The Morgan fingerprint density at radius 3 is 2.43 bits per heavy atom. The van der Waals surface area contributed by atoms with Crippen LogP contribution in [0.2, 0.25) is 0 Å². The molecule has 0 saturated heterocycles. The lowest BCUT2D eigenvalue weighted by Crippen LogP contribution is -2.45. The third kappa shape index (κ3) is 2.17. The van der Waals surface area contributed by atoms with Gasteiger partial charge in [0.25, 0.3) is 0 Å². The minimum Gasteiger partial charge on any atom is -0.371 e. The minimum atomic E-state index is -0.532. The van der Waals surface area contributed by atoms with E-state index in [0.717, 1.165) is 12.8 Å². The Morgan fingerprint density at radius 2 is 2.00 bits per heavy atom. The van der Waals surface area contributed by atoms with Crippen molar-refractivity contribution in [3.8, 4) is 0 Å². The first-order chi connectivity index (χ1) is 6.29. The summed E-state index contributed by atoms with van der Waals surface area (Å²) in [7, 11) is 1.64. The van der Waals surface area contributed by atoms with Crippen LogP contribution in [0.1, 0.15) is 47.0 Å². The van der Waals surface area contributed by atoms with Gasteiger partial charge in [0.1, 0.15) is 5.60 Å². The van der Waals surface area contributed by atoms with Crippen molar-refractivity contribution in [2.75, 3.05) is 7.11 Å². The Hall–Kier alpha value is -0.370. The van der Waals surface area contributed by atoms with Gasteiger partial charge in [-0.3, -0.25) is 4.79 Å². The molecule has 1 aliphatic rings. The van der Waals surface area contributed by atoms with E-state index in [2.05, 4.69) is 20.8 Å². The van der Waals surface area contributed by atoms with Crippen LogP contribution in [-0.4, -0.2) is 18.5 Å². The lowest BCUT2D eigenvalue weighted by molar-refractivity contribution is -0.147. The molecule has 0 aromatic heterocycles. The average Bonchev–Trinajstić information content (AvgIpc) is 2.08. The Labute approximate surface area is 87.0 Å². The van der Waals surface area contributed by atoms with Gasteiger partial charge in [-0.05, 0) is 31.1 Å². The van der Waals surface area contributed by atoms with Gasteiger partial charge < -0.3 is 4.74 Å². The molecule has 1 saturated carbocycles. The van der Waals surface area contributed by atoms with Crippen LogP contribution in [0.3, 0.4) is 0 Å². The standard InChI is InChI=1S/C12H22O2/c1-11(2,3)9-6-7-10(13)12(4,8-9)14-5/h9H,6-8H2,1-5H3/t9-,12+/m1/s1. The molecule has 0 spiro atoms. The fourth-order valence-corrected chi connectivity index (χ4v) is 2.19. The zero-order valence-electron chi connectivity index (χ0n) is 10.0. The molecule has 0 radical (unpaired) electrons. The molecule has 1 aliphatic carbocycles. The van der Waals surface area contributed by atoms with E-state index < -0.39 is 5.60 Å². The Balaban J connectivity index is 2.77. The molecule has 2 atom stereocenters. The van der Waals surface area contributed by atoms with Crippen LogP contribution in [0.5, 0.6) is 0 Å². The molecule has 2 nitrogen and oxygen atoms in total. The van der Waals surface area contributed by atoms with E-state index in [9.17, 15) is 4.79 Å². The topological polar surface area (TPSA) is 26.3 Å². The first kappa shape index (κ1) is 11.7. The van der Waals surface area contributed by atoms with Gasteiger partial charge in [-0.1, -0.05) is 20.8 Å². The second kappa shape index (κ2) is 3.65. The predicted octanol–water partition coefficient (Wildman–Crippen LogP) is 2.81. The molecular weight excluding hydrogens is 176 g/mol. The van der Waals surface area contributed by atoms with Crippen molar-refractivity contribution in [1.29, 1.82) is 0 Å². The number of carbonyl (C=O) groups is 1. The first-order valence-corrected chi connectivity index (χ1v) is 5.38.